The van der Waals surface area contributed by atoms with Gasteiger partial charge in [0, 0.05) is 17.3 Å². The summed E-state index contributed by atoms with van der Waals surface area (Å²) >= 11 is 0. The zero-order chi connectivity index (χ0) is 22.4. The average molecular weight is 447 g/mol. The van der Waals surface area contributed by atoms with Crippen LogP contribution in [0.2, 0.25) is 0 Å². The molecule has 0 aliphatic heterocycles. The first-order valence-corrected chi connectivity index (χ1v) is 11.8. The number of aromatic nitrogens is 2. The van der Waals surface area contributed by atoms with E-state index in [1.807, 2.05) is 66.7 Å². The third-order valence-electron chi connectivity index (χ3n) is 4.51. The number of benzene rings is 3. The SMILES string of the molecule is CS(=O)(=O)Nc1cccc(Nc2cc(-c3ccccc3OCc3ccccc3)ncn2)c1. The van der Waals surface area contributed by atoms with E-state index in [1.165, 1.54) is 6.33 Å². The molecule has 1 heterocycles. The summed E-state index contributed by atoms with van der Waals surface area (Å²) in [7, 11) is -3.36. The Balaban J connectivity index is 1.54. The minimum atomic E-state index is -3.36. The summed E-state index contributed by atoms with van der Waals surface area (Å²) in [5.41, 5.74) is 3.79. The molecule has 0 bridgehead atoms. The van der Waals surface area contributed by atoms with Crippen LogP contribution in [-0.4, -0.2) is 24.6 Å². The summed E-state index contributed by atoms with van der Waals surface area (Å²) in [6.07, 6.45) is 2.59. The minimum absolute atomic E-state index is 0.453. The van der Waals surface area contributed by atoms with Crippen molar-refractivity contribution in [1.82, 2.24) is 9.97 Å². The molecule has 0 saturated heterocycles. The van der Waals surface area contributed by atoms with Crippen molar-refractivity contribution < 1.29 is 13.2 Å². The molecule has 1 aromatic heterocycles. The summed E-state index contributed by atoms with van der Waals surface area (Å²) in [6, 6.07) is 26.4. The summed E-state index contributed by atoms with van der Waals surface area (Å²) in [5.74, 6) is 1.30. The maximum Gasteiger partial charge on any atom is 0.229 e. The monoisotopic (exact) mass is 446 g/mol. The largest absolute Gasteiger partial charge is 0.488 e. The molecule has 0 aliphatic carbocycles. The van der Waals surface area contributed by atoms with Gasteiger partial charge >= 0.3 is 0 Å². The normalized spacial score (nSPS) is 11.0. The molecule has 2 N–H and O–H groups in total. The molecule has 0 aliphatic rings. The van der Waals surface area contributed by atoms with Gasteiger partial charge in [0.05, 0.1) is 17.6 Å². The topological polar surface area (TPSA) is 93.2 Å². The van der Waals surface area contributed by atoms with Crippen LogP contribution in [-0.2, 0) is 16.6 Å². The first kappa shape index (κ1) is 21.3. The molecule has 162 valence electrons. The van der Waals surface area contributed by atoms with Crippen LogP contribution in [0.25, 0.3) is 11.3 Å². The zero-order valence-electron chi connectivity index (χ0n) is 17.4. The van der Waals surface area contributed by atoms with Gasteiger partial charge in [0.25, 0.3) is 0 Å². The van der Waals surface area contributed by atoms with Gasteiger partial charge in [-0.15, -0.1) is 0 Å². The van der Waals surface area contributed by atoms with Crippen LogP contribution in [0.4, 0.5) is 17.2 Å². The maximum atomic E-state index is 11.5. The second-order valence-electron chi connectivity index (χ2n) is 7.14. The Labute approximate surface area is 187 Å². The molecule has 0 spiro atoms. The van der Waals surface area contributed by atoms with Gasteiger partial charge in [0.15, 0.2) is 0 Å². The van der Waals surface area contributed by atoms with E-state index in [9.17, 15) is 8.42 Å². The molecule has 0 unspecified atom stereocenters. The van der Waals surface area contributed by atoms with Crippen LogP contribution >= 0.6 is 0 Å². The lowest BCUT2D eigenvalue weighted by molar-refractivity contribution is 0.307. The third kappa shape index (κ3) is 5.83. The predicted octanol–water partition coefficient (Wildman–Crippen LogP) is 4.84. The van der Waals surface area contributed by atoms with Crippen molar-refractivity contribution in [3.8, 4) is 17.0 Å². The fourth-order valence-corrected chi connectivity index (χ4v) is 3.69. The van der Waals surface area contributed by atoms with Gasteiger partial charge in [-0.2, -0.15) is 0 Å². The van der Waals surface area contributed by atoms with Crippen molar-refractivity contribution >= 4 is 27.2 Å². The second-order valence-corrected chi connectivity index (χ2v) is 8.89. The van der Waals surface area contributed by atoms with Crippen molar-refractivity contribution in [3.63, 3.8) is 0 Å². The highest BCUT2D eigenvalue weighted by Crippen LogP contribution is 2.30. The molecule has 0 radical (unpaired) electrons. The predicted molar refractivity (Wildman–Crippen MR) is 126 cm³/mol. The van der Waals surface area contributed by atoms with Crippen molar-refractivity contribution in [2.75, 3.05) is 16.3 Å². The number of nitrogens with one attached hydrogen (secondary N) is 2. The number of nitrogens with zero attached hydrogens (tertiary/aromatic N) is 2. The lowest BCUT2D eigenvalue weighted by Crippen LogP contribution is -2.09. The lowest BCUT2D eigenvalue weighted by atomic mass is 10.1. The molecule has 0 fully saturated rings. The van der Waals surface area contributed by atoms with Crippen LogP contribution in [0, 0.1) is 0 Å². The van der Waals surface area contributed by atoms with Crippen LogP contribution in [0.5, 0.6) is 5.75 Å². The van der Waals surface area contributed by atoms with Gasteiger partial charge < -0.3 is 10.1 Å². The van der Waals surface area contributed by atoms with E-state index in [-0.39, 0.29) is 0 Å². The fraction of sp³-hybridized carbons (Fsp3) is 0.0833. The van der Waals surface area contributed by atoms with Crippen molar-refractivity contribution in [3.05, 3.63) is 96.8 Å². The number of anilines is 3. The Morgan fingerprint density at radius 3 is 2.41 bits per heavy atom. The highest BCUT2D eigenvalue weighted by atomic mass is 32.2. The Bertz CT molecular complexity index is 1310. The van der Waals surface area contributed by atoms with Gasteiger partial charge in [0.1, 0.15) is 24.5 Å². The van der Waals surface area contributed by atoms with E-state index < -0.39 is 10.0 Å². The molecule has 4 rings (SSSR count). The summed E-state index contributed by atoms with van der Waals surface area (Å²) in [5, 5.41) is 3.19. The molecule has 7 nitrogen and oxygen atoms in total. The first-order valence-electron chi connectivity index (χ1n) is 9.89. The van der Waals surface area contributed by atoms with E-state index in [1.54, 1.807) is 18.2 Å². The molecule has 0 amide bonds. The lowest BCUT2D eigenvalue weighted by Gasteiger charge is -2.12. The molecule has 4 aromatic rings. The van der Waals surface area contributed by atoms with Crippen LogP contribution in [0.3, 0.4) is 0 Å². The zero-order valence-corrected chi connectivity index (χ0v) is 18.2. The minimum Gasteiger partial charge on any atom is -0.488 e. The number of rotatable bonds is 8. The molecule has 8 heteroatoms. The van der Waals surface area contributed by atoms with E-state index in [0.717, 1.165) is 23.1 Å². The van der Waals surface area contributed by atoms with Crippen molar-refractivity contribution in [1.29, 1.82) is 0 Å². The van der Waals surface area contributed by atoms with Crippen molar-refractivity contribution in [2.45, 2.75) is 6.61 Å². The highest BCUT2D eigenvalue weighted by molar-refractivity contribution is 7.92. The van der Waals surface area contributed by atoms with Gasteiger partial charge in [0.2, 0.25) is 10.0 Å². The Morgan fingerprint density at radius 1 is 0.844 bits per heavy atom. The summed E-state index contributed by atoms with van der Waals surface area (Å²) < 4.78 is 31.5. The van der Waals surface area contributed by atoms with Crippen molar-refractivity contribution in [2.24, 2.45) is 0 Å². The molecule has 0 atom stereocenters. The maximum absolute atomic E-state index is 11.5. The molecular weight excluding hydrogens is 424 g/mol. The van der Waals surface area contributed by atoms with Crippen LogP contribution < -0.4 is 14.8 Å². The Morgan fingerprint density at radius 2 is 1.59 bits per heavy atom. The number of sulfonamides is 1. The second kappa shape index (κ2) is 9.49. The number of hydrogen-bond donors (Lipinski definition) is 2. The Kier molecular flexibility index (Phi) is 6.32. The smallest absolute Gasteiger partial charge is 0.229 e. The third-order valence-corrected chi connectivity index (χ3v) is 5.11. The highest BCUT2D eigenvalue weighted by Gasteiger charge is 2.10. The van der Waals surface area contributed by atoms with E-state index in [4.69, 9.17) is 4.74 Å². The average Bonchev–Trinajstić information content (AvgIpc) is 2.78. The van der Waals surface area contributed by atoms with Crippen LogP contribution in [0.15, 0.2) is 91.3 Å². The number of hydrogen-bond acceptors (Lipinski definition) is 6. The van der Waals surface area contributed by atoms with E-state index in [2.05, 4.69) is 20.0 Å². The summed E-state index contributed by atoms with van der Waals surface area (Å²) in [4.78, 5) is 8.70. The number of ether oxygens (including phenoxy) is 1. The van der Waals surface area contributed by atoms with Gasteiger partial charge in [-0.1, -0.05) is 48.5 Å². The van der Waals surface area contributed by atoms with E-state index >= 15 is 0 Å². The van der Waals surface area contributed by atoms with E-state index in [0.29, 0.717) is 29.5 Å². The molecule has 32 heavy (non-hydrogen) atoms. The molecular formula is C24H22N4O3S. The Hall–Kier alpha value is -3.91. The first-order chi connectivity index (χ1) is 15.5. The quantitative estimate of drug-likeness (QED) is 0.402. The fourth-order valence-electron chi connectivity index (χ4n) is 3.13. The van der Waals surface area contributed by atoms with Gasteiger partial charge in [-0.3, -0.25) is 4.72 Å². The van der Waals surface area contributed by atoms with Gasteiger partial charge in [-0.05, 0) is 35.9 Å². The van der Waals surface area contributed by atoms with Crippen LogP contribution in [0.1, 0.15) is 5.56 Å². The number of para-hydroxylation sites is 1. The summed E-state index contributed by atoms with van der Waals surface area (Å²) in [6.45, 7) is 0.453. The molecule has 3 aromatic carbocycles. The standard InChI is InChI=1S/C24H22N4O3S/c1-32(29,30)28-20-11-7-10-19(14-20)27-24-15-22(25-17-26-24)21-12-5-6-13-23(21)31-16-18-8-3-2-4-9-18/h2-15,17,28H,16H2,1H3,(H,25,26,27). The van der Waals surface area contributed by atoms with Gasteiger partial charge in [-0.25, -0.2) is 18.4 Å². The molecule has 0 saturated carbocycles.